The van der Waals surface area contributed by atoms with E-state index in [1.165, 1.54) is 0 Å². The molecule has 69 valence electrons. The minimum absolute atomic E-state index is 0.513. The molecule has 4 heteroatoms. The highest BCUT2D eigenvalue weighted by atomic mass is 35.6. The molecule has 0 amide bonds. The van der Waals surface area contributed by atoms with E-state index in [1.807, 2.05) is 37.3 Å². The zero-order valence-corrected chi connectivity index (χ0v) is 9.61. The maximum absolute atomic E-state index is 5.61. The lowest BCUT2D eigenvalue weighted by Gasteiger charge is -2.07. The Labute approximate surface area is 93.1 Å². The smallest absolute Gasteiger partial charge is 0.635 e. The van der Waals surface area contributed by atoms with E-state index in [0.29, 0.717) is 0 Å². The maximum atomic E-state index is 5.61. The number of pyridine rings is 1. The van der Waals surface area contributed by atoms with Crippen molar-refractivity contribution in [2.75, 3.05) is 0 Å². The second kappa shape index (κ2) is 4.19. The topological polar surface area (TPSA) is 22.1 Å². The van der Waals surface area contributed by atoms with Crippen LogP contribution in [0.1, 0.15) is 5.69 Å². The molecule has 1 aromatic carbocycles. The Kier molecular flexibility index (Phi) is 2.93. The molecule has 14 heavy (non-hydrogen) atoms. The Morgan fingerprint density at radius 2 is 2.14 bits per heavy atom. The van der Waals surface area contributed by atoms with Crippen molar-refractivity contribution in [2.45, 2.75) is 6.92 Å². The maximum Gasteiger partial charge on any atom is 0.673 e. The normalized spacial score (nSPS) is 10.1. The molecule has 0 saturated carbocycles. The van der Waals surface area contributed by atoms with Crippen molar-refractivity contribution in [2.24, 2.45) is 0 Å². The second-order valence-electron chi connectivity index (χ2n) is 2.99. The Bertz CT molecular complexity index is 461. The lowest BCUT2D eigenvalue weighted by molar-refractivity contribution is 0.615. The van der Waals surface area contributed by atoms with Gasteiger partial charge in [-0.2, -0.15) is 0 Å². The molecule has 0 unspecified atom stereocenters. The molecule has 0 aliphatic carbocycles. The van der Waals surface area contributed by atoms with Crippen LogP contribution < -0.4 is 3.79 Å². The summed E-state index contributed by atoms with van der Waals surface area (Å²) in [4.78, 5) is 4.42. The van der Waals surface area contributed by atoms with Gasteiger partial charge in [-0.05, 0) is 19.1 Å². The summed E-state index contributed by atoms with van der Waals surface area (Å²) in [6, 6.07) is 9.87. The van der Waals surface area contributed by atoms with Crippen molar-refractivity contribution in [1.29, 1.82) is 0 Å². The Balaban J connectivity index is 2.64. The van der Waals surface area contributed by atoms with E-state index in [-0.39, 0.29) is 0 Å². The van der Waals surface area contributed by atoms with Gasteiger partial charge in [0.15, 0.2) is 0 Å². The van der Waals surface area contributed by atoms with Gasteiger partial charge in [0.05, 0.1) is 0 Å². The second-order valence-corrected chi connectivity index (χ2v) is 3.94. The average Bonchev–Trinajstić information content (AvgIpc) is 2.19. The lowest BCUT2D eigenvalue weighted by atomic mass is 10.2. The van der Waals surface area contributed by atoms with E-state index in [1.54, 1.807) is 0 Å². The zero-order chi connectivity index (χ0) is 9.97. The monoisotopic (exact) mass is 220 g/mol. The van der Waals surface area contributed by atoms with Gasteiger partial charge in [-0.15, -0.1) is 0 Å². The quantitative estimate of drug-likeness (QED) is 0.726. The third-order valence-electron chi connectivity index (χ3n) is 1.99. The summed E-state index contributed by atoms with van der Waals surface area (Å²) < 4.78 is 5.36. The summed E-state index contributed by atoms with van der Waals surface area (Å²) in [6.45, 7) is 1.96. The highest BCUT2D eigenvalue weighted by Gasteiger charge is 2.03. The molecular weight excluding hydrogens is 213 g/mol. The van der Waals surface area contributed by atoms with Crippen LogP contribution in [-0.2, 0) is 0 Å². The summed E-state index contributed by atoms with van der Waals surface area (Å²) in [6.07, 6.45) is 0. The van der Waals surface area contributed by atoms with Gasteiger partial charge < -0.3 is 3.79 Å². The SMILES string of the molecule is Cc1ccc2cccc([O][Al][Cl])c2n1. The fraction of sp³-hybridized carbons (Fsp3) is 0.100. The molecular formula is C10H8AlClNO. The number of hydrogen-bond acceptors (Lipinski definition) is 2. The van der Waals surface area contributed by atoms with Crippen LogP contribution in [-0.4, -0.2) is 19.6 Å². The number of aromatic nitrogens is 1. The van der Waals surface area contributed by atoms with Crippen LogP contribution in [0.25, 0.3) is 10.9 Å². The predicted molar refractivity (Wildman–Crippen MR) is 58.7 cm³/mol. The number of para-hydroxylation sites is 1. The largest absolute Gasteiger partial charge is 0.673 e. The molecule has 2 rings (SSSR count). The fourth-order valence-electron chi connectivity index (χ4n) is 1.36. The van der Waals surface area contributed by atoms with E-state index in [0.717, 1.165) is 22.3 Å². The van der Waals surface area contributed by atoms with Crippen LogP contribution in [0.2, 0.25) is 0 Å². The minimum Gasteiger partial charge on any atom is -0.635 e. The van der Waals surface area contributed by atoms with Crippen molar-refractivity contribution in [3.8, 4) is 5.75 Å². The highest BCUT2D eigenvalue weighted by Crippen LogP contribution is 2.23. The van der Waals surface area contributed by atoms with E-state index >= 15 is 0 Å². The summed E-state index contributed by atoms with van der Waals surface area (Å²) in [5, 5.41) is 1.08. The number of rotatable bonds is 2. The van der Waals surface area contributed by atoms with Crippen LogP contribution in [0.3, 0.4) is 0 Å². The molecule has 0 fully saturated rings. The van der Waals surface area contributed by atoms with Gasteiger partial charge in [0.25, 0.3) is 0 Å². The Hall–Kier alpha value is -0.748. The van der Waals surface area contributed by atoms with Crippen molar-refractivity contribution >= 4 is 35.6 Å². The van der Waals surface area contributed by atoms with E-state index < -0.39 is 14.6 Å². The van der Waals surface area contributed by atoms with Crippen molar-refractivity contribution in [1.82, 2.24) is 4.98 Å². The molecule has 0 bridgehead atoms. The van der Waals surface area contributed by atoms with Gasteiger partial charge in [0.2, 0.25) is 0 Å². The molecule has 0 saturated heterocycles. The summed E-state index contributed by atoms with van der Waals surface area (Å²) in [5.41, 5.74) is 1.87. The average molecular weight is 221 g/mol. The molecule has 1 aromatic heterocycles. The molecule has 0 atom stereocenters. The summed E-state index contributed by atoms with van der Waals surface area (Å²) in [5.74, 6) is 0.774. The van der Waals surface area contributed by atoms with E-state index in [2.05, 4.69) is 4.98 Å². The molecule has 0 aliphatic rings. The first-order valence-corrected chi connectivity index (χ1v) is 6.48. The van der Waals surface area contributed by atoms with Crippen LogP contribution in [0.15, 0.2) is 30.3 Å². The standard InChI is InChI=1S/C10H9NO.Al.ClH/c1-7-5-6-8-3-2-4-9(12)10(8)11-7;;/h2-6,12H,1H3;;1H/q;+2;/p-2. The molecule has 0 N–H and O–H groups in total. The molecule has 0 aliphatic heterocycles. The first-order chi connectivity index (χ1) is 6.81. The lowest BCUT2D eigenvalue weighted by Crippen LogP contribution is -1.95. The molecule has 0 spiro atoms. The molecule has 1 radical (unpaired) electrons. The van der Waals surface area contributed by atoms with Crippen LogP contribution in [0, 0.1) is 6.92 Å². The molecule has 2 aromatic rings. The van der Waals surface area contributed by atoms with E-state index in [9.17, 15) is 0 Å². The van der Waals surface area contributed by atoms with Gasteiger partial charge in [-0.1, -0.05) is 18.2 Å². The van der Waals surface area contributed by atoms with Gasteiger partial charge in [0.1, 0.15) is 11.3 Å². The van der Waals surface area contributed by atoms with Crippen LogP contribution >= 0.6 is 10.0 Å². The van der Waals surface area contributed by atoms with Gasteiger partial charge >= 0.3 is 14.6 Å². The summed E-state index contributed by atoms with van der Waals surface area (Å²) in [7, 11) is 5.61. The number of benzene rings is 1. The third kappa shape index (κ3) is 1.85. The van der Waals surface area contributed by atoms with Crippen molar-refractivity contribution in [3.63, 3.8) is 0 Å². The fourth-order valence-corrected chi connectivity index (χ4v) is 1.93. The first-order valence-electron chi connectivity index (χ1n) is 4.26. The first kappa shape index (κ1) is 9.79. The number of aryl methyl sites for hydroxylation is 1. The predicted octanol–water partition coefficient (Wildman–Crippen LogP) is 2.70. The Morgan fingerprint density at radius 3 is 2.93 bits per heavy atom. The summed E-state index contributed by atoms with van der Waals surface area (Å²) >= 11 is -0.513. The zero-order valence-electron chi connectivity index (χ0n) is 7.70. The Morgan fingerprint density at radius 1 is 1.29 bits per heavy atom. The number of halogens is 1. The number of nitrogens with zero attached hydrogens (tertiary/aromatic N) is 1. The van der Waals surface area contributed by atoms with Gasteiger partial charge in [-0.25, -0.2) is 15.0 Å². The van der Waals surface area contributed by atoms with E-state index in [4.69, 9.17) is 13.8 Å². The molecule has 2 nitrogen and oxygen atoms in total. The third-order valence-corrected chi connectivity index (χ3v) is 2.60. The van der Waals surface area contributed by atoms with Crippen LogP contribution in [0.5, 0.6) is 5.75 Å². The number of fused-ring (bicyclic) bond motifs is 1. The van der Waals surface area contributed by atoms with Crippen molar-refractivity contribution < 1.29 is 3.79 Å². The van der Waals surface area contributed by atoms with Crippen molar-refractivity contribution in [3.05, 3.63) is 36.0 Å². The highest BCUT2D eigenvalue weighted by molar-refractivity contribution is 6.90. The minimum atomic E-state index is -0.513. The van der Waals surface area contributed by atoms with Gasteiger partial charge in [0, 0.05) is 11.1 Å². The van der Waals surface area contributed by atoms with Gasteiger partial charge in [-0.3, -0.25) is 0 Å². The van der Waals surface area contributed by atoms with Crippen LogP contribution in [0.4, 0.5) is 0 Å². The molecule has 1 heterocycles. The number of hydrogen-bond donors (Lipinski definition) is 0.